The molecule has 1 heterocycles. The Morgan fingerprint density at radius 2 is 2.19 bits per heavy atom. The Kier molecular flexibility index (Phi) is 5.81. The molecule has 0 aliphatic heterocycles. The van der Waals surface area contributed by atoms with Gasteiger partial charge in [-0.2, -0.15) is 5.10 Å². The van der Waals surface area contributed by atoms with Crippen LogP contribution in [0.15, 0.2) is 30.6 Å². The predicted octanol–water partition coefficient (Wildman–Crippen LogP) is 3.99. The summed E-state index contributed by atoms with van der Waals surface area (Å²) in [5, 5.41) is 11.7. The van der Waals surface area contributed by atoms with Gasteiger partial charge < -0.3 is 15.4 Å². The summed E-state index contributed by atoms with van der Waals surface area (Å²) < 4.78 is 6.92. The van der Waals surface area contributed by atoms with Crippen molar-refractivity contribution < 1.29 is 4.74 Å². The van der Waals surface area contributed by atoms with E-state index in [9.17, 15) is 0 Å². The summed E-state index contributed by atoms with van der Waals surface area (Å²) in [7, 11) is 0. The Morgan fingerprint density at radius 3 is 2.95 bits per heavy atom. The van der Waals surface area contributed by atoms with Gasteiger partial charge in [0.15, 0.2) is 5.11 Å². The topological polar surface area (TPSA) is 51.1 Å². The molecule has 0 spiro atoms. The second-order valence-electron chi connectivity index (χ2n) is 4.09. The zero-order chi connectivity index (χ0) is 15.2. The van der Waals surface area contributed by atoms with Gasteiger partial charge in [-0.25, -0.2) is 4.68 Å². The molecule has 0 amide bonds. The molecular formula is C13H14Cl2N4OS. The summed E-state index contributed by atoms with van der Waals surface area (Å²) in [6.45, 7) is 2.96. The number of halogens is 2. The van der Waals surface area contributed by atoms with Gasteiger partial charge in [0.2, 0.25) is 0 Å². The van der Waals surface area contributed by atoms with Crippen molar-refractivity contribution in [3.63, 3.8) is 0 Å². The summed E-state index contributed by atoms with van der Waals surface area (Å²) in [5.74, 6) is 0. The monoisotopic (exact) mass is 344 g/mol. The van der Waals surface area contributed by atoms with Gasteiger partial charge in [-0.1, -0.05) is 23.2 Å². The molecule has 1 aromatic carbocycles. The summed E-state index contributed by atoms with van der Waals surface area (Å²) in [4.78, 5) is 0. The number of aromatic nitrogens is 2. The van der Waals surface area contributed by atoms with E-state index in [0.29, 0.717) is 34.2 Å². The van der Waals surface area contributed by atoms with Gasteiger partial charge in [-0.3, -0.25) is 0 Å². The molecule has 0 aliphatic rings. The molecule has 0 aliphatic carbocycles. The molecule has 8 heteroatoms. The average Bonchev–Trinajstić information content (AvgIpc) is 2.88. The lowest BCUT2D eigenvalue weighted by atomic mass is 10.3. The van der Waals surface area contributed by atoms with Crippen LogP contribution in [0, 0.1) is 0 Å². The van der Waals surface area contributed by atoms with Crippen molar-refractivity contribution in [1.29, 1.82) is 0 Å². The third kappa shape index (κ3) is 4.86. The van der Waals surface area contributed by atoms with Crippen molar-refractivity contribution in [1.82, 2.24) is 9.78 Å². The van der Waals surface area contributed by atoms with E-state index in [4.69, 9.17) is 40.2 Å². The van der Waals surface area contributed by atoms with E-state index in [2.05, 4.69) is 15.7 Å². The molecule has 2 aromatic rings. The first-order valence-electron chi connectivity index (χ1n) is 6.21. The number of anilines is 2. The number of benzene rings is 1. The molecule has 0 bridgehead atoms. The molecule has 0 fully saturated rings. The number of rotatable bonds is 5. The van der Waals surface area contributed by atoms with Crippen LogP contribution in [0.25, 0.3) is 0 Å². The maximum Gasteiger partial charge on any atom is 0.175 e. The SMILES string of the molecule is CCOCn1cc(NC(=S)Nc2cc(Cl)ccc2Cl)cn1. The van der Waals surface area contributed by atoms with Crippen LogP contribution in [0.3, 0.4) is 0 Å². The molecule has 0 saturated heterocycles. The summed E-state index contributed by atoms with van der Waals surface area (Å²) >= 11 is 17.2. The van der Waals surface area contributed by atoms with Gasteiger partial charge in [0.25, 0.3) is 0 Å². The van der Waals surface area contributed by atoms with Gasteiger partial charge in [0, 0.05) is 11.6 Å². The number of nitrogens with zero attached hydrogens (tertiary/aromatic N) is 2. The van der Waals surface area contributed by atoms with E-state index in [1.165, 1.54) is 0 Å². The molecule has 2 rings (SSSR count). The molecule has 1 aromatic heterocycles. The lowest BCUT2D eigenvalue weighted by molar-refractivity contribution is 0.0792. The third-order valence-corrected chi connectivity index (χ3v) is 3.26. The zero-order valence-electron chi connectivity index (χ0n) is 11.3. The molecule has 21 heavy (non-hydrogen) atoms. The van der Waals surface area contributed by atoms with Crippen molar-refractivity contribution in [2.75, 3.05) is 17.2 Å². The number of thiocarbonyl (C=S) groups is 1. The normalized spacial score (nSPS) is 10.4. The molecule has 112 valence electrons. The van der Waals surface area contributed by atoms with E-state index in [1.807, 2.05) is 6.92 Å². The highest BCUT2D eigenvalue weighted by molar-refractivity contribution is 7.80. The molecule has 2 N–H and O–H groups in total. The highest BCUT2D eigenvalue weighted by atomic mass is 35.5. The standard InChI is InChI=1S/C13H14Cl2N4OS/c1-2-20-8-19-7-10(6-16-19)17-13(21)18-12-5-9(14)3-4-11(12)15/h3-7H,2,8H2,1H3,(H2,17,18,21). The van der Waals surface area contributed by atoms with Gasteiger partial charge >= 0.3 is 0 Å². The van der Waals surface area contributed by atoms with Crippen molar-refractivity contribution in [2.45, 2.75) is 13.7 Å². The quantitative estimate of drug-likeness (QED) is 0.803. The highest BCUT2D eigenvalue weighted by Gasteiger charge is 2.05. The Bertz CT molecular complexity index is 632. The van der Waals surface area contributed by atoms with Crippen LogP contribution in [0.4, 0.5) is 11.4 Å². The molecular weight excluding hydrogens is 331 g/mol. The lowest BCUT2D eigenvalue weighted by Crippen LogP contribution is -2.19. The Morgan fingerprint density at radius 1 is 1.38 bits per heavy atom. The first-order chi connectivity index (χ1) is 10.1. The van der Waals surface area contributed by atoms with Gasteiger partial charge in [0.05, 0.1) is 28.8 Å². The van der Waals surface area contributed by atoms with Crippen molar-refractivity contribution >= 4 is 51.9 Å². The second kappa shape index (κ2) is 7.61. The predicted molar refractivity (Wildman–Crippen MR) is 90.2 cm³/mol. The number of nitrogens with one attached hydrogen (secondary N) is 2. The largest absolute Gasteiger partial charge is 0.360 e. The van der Waals surface area contributed by atoms with Crippen molar-refractivity contribution in [3.8, 4) is 0 Å². The van der Waals surface area contributed by atoms with Gasteiger partial charge in [-0.05, 0) is 37.3 Å². The van der Waals surface area contributed by atoms with Gasteiger partial charge in [0.1, 0.15) is 6.73 Å². The molecule has 0 atom stereocenters. The fourth-order valence-corrected chi connectivity index (χ4v) is 2.13. The van der Waals surface area contributed by atoms with E-state index < -0.39 is 0 Å². The number of hydrogen-bond donors (Lipinski definition) is 2. The minimum Gasteiger partial charge on any atom is -0.360 e. The number of ether oxygens (including phenoxy) is 1. The molecule has 0 unspecified atom stereocenters. The van der Waals surface area contributed by atoms with Crippen LogP contribution >= 0.6 is 35.4 Å². The summed E-state index contributed by atoms with van der Waals surface area (Å²) in [5.41, 5.74) is 1.40. The van der Waals surface area contributed by atoms with Crippen LogP contribution in [0.1, 0.15) is 6.92 Å². The van der Waals surface area contributed by atoms with Crippen LogP contribution in [0.2, 0.25) is 10.0 Å². The minimum absolute atomic E-state index is 0.398. The number of hydrogen-bond acceptors (Lipinski definition) is 3. The van der Waals surface area contributed by atoms with Crippen LogP contribution in [-0.4, -0.2) is 21.5 Å². The Labute approximate surface area is 138 Å². The smallest absolute Gasteiger partial charge is 0.175 e. The van der Waals surface area contributed by atoms with E-state index in [-0.39, 0.29) is 0 Å². The van der Waals surface area contributed by atoms with Gasteiger partial charge in [-0.15, -0.1) is 0 Å². The third-order valence-electron chi connectivity index (χ3n) is 2.50. The fraction of sp³-hybridized carbons (Fsp3) is 0.231. The van der Waals surface area contributed by atoms with E-state index >= 15 is 0 Å². The van der Waals surface area contributed by atoms with Crippen LogP contribution < -0.4 is 10.6 Å². The molecule has 0 saturated carbocycles. The van der Waals surface area contributed by atoms with Crippen LogP contribution in [0.5, 0.6) is 0 Å². The Balaban J connectivity index is 1.95. The van der Waals surface area contributed by atoms with Crippen molar-refractivity contribution in [3.05, 3.63) is 40.6 Å². The van der Waals surface area contributed by atoms with E-state index in [0.717, 1.165) is 5.69 Å². The first-order valence-corrected chi connectivity index (χ1v) is 7.38. The van der Waals surface area contributed by atoms with Crippen molar-refractivity contribution in [2.24, 2.45) is 0 Å². The minimum atomic E-state index is 0.398. The lowest BCUT2D eigenvalue weighted by Gasteiger charge is -2.10. The maximum absolute atomic E-state index is 6.06. The fourth-order valence-electron chi connectivity index (χ4n) is 1.56. The van der Waals surface area contributed by atoms with E-state index in [1.54, 1.807) is 35.3 Å². The Hall–Kier alpha value is -1.34. The maximum atomic E-state index is 6.06. The highest BCUT2D eigenvalue weighted by Crippen LogP contribution is 2.25. The molecule has 0 radical (unpaired) electrons. The zero-order valence-corrected chi connectivity index (χ0v) is 13.6. The summed E-state index contributed by atoms with van der Waals surface area (Å²) in [6, 6.07) is 5.12. The van der Waals surface area contributed by atoms with Crippen LogP contribution in [-0.2, 0) is 11.5 Å². The summed E-state index contributed by atoms with van der Waals surface area (Å²) in [6.07, 6.45) is 3.45. The second-order valence-corrected chi connectivity index (χ2v) is 5.35. The first kappa shape index (κ1) is 16.0. The molecule has 5 nitrogen and oxygen atoms in total. The average molecular weight is 345 g/mol.